The lowest BCUT2D eigenvalue weighted by atomic mass is 10.1. The first-order valence-electron chi connectivity index (χ1n) is 6.26. The molecule has 0 amide bonds. The molecule has 19 heavy (non-hydrogen) atoms. The number of hydrazine groups is 1. The summed E-state index contributed by atoms with van der Waals surface area (Å²) < 4.78 is 0. The van der Waals surface area contributed by atoms with Crippen LogP contribution in [0.3, 0.4) is 0 Å². The zero-order valence-corrected chi connectivity index (χ0v) is 11.1. The minimum atomic E-state index is -0.0658. The Morgan fingerprint density at radius 3 is 2.63 bits per heavy atom. The number of nitrogens with one attached hydrogen (secondary N) is 2. The maximum atomic E-state index is 9.41. The number of hydrogen-bond acceptors (Lipinski definition) is 6. The molecule has 6 nitrogen and oxygen atoms in total. The predicted molar refractivity (Wildman–Crippen MR) is 76.7 cm³/mol. The minimum absolute atomic E-state index is 0.0430. The number of hydrogen-bond donors (Lipinski definition) is 4. The van der Waals surface area contributed by atoms with Gasteiger partial charge in [0.05, 0.1) is 18.2 Å². The normalized spacial score (nSPS) is 12.7. The quantitative estimate of drug-likeness (QED) is 0.479. The fourth-order valence-electron chi connectivity index (χ4n) is 1.85. The van der Waals surface area contributed by atoms with Gasteiger partial charge in [0.1, 0.15) is 5.82 Å². The molecule has 0 radical (unpaired) electrons. The third kappa shape index (κ3) is 2.91. The van der Waals surface area contributed by atoms with E-state index in [1.807, 2.05) is 38.1 Å². The Labute approximate surface area is 112 Å². The summed E-state index contributed by atoms with van der Waals surface area (Å²) in [5.41, 5.74) is 3.25. The van der Waals surface area contributed by atoms with E-state index in [4.69, 9.17) is 5.84 Å². The molecular weight excluding hydrogens is 242 g/mol. The zero-order chi connectivity index (χ0) is 13.8. The molecule has 102 valence electrons. The first-order valence-corrected chi connectivity index (χ1v) is 6.26. The van der Waals surface area contributed by atoms with Crippen LogP contribution in [-0.2, 0) is 0 Å². The van der Waals surface area contributed by atoms with Crippen LogP contribution in [0.1, 0.15) is 13.8 Å². The van der Waals surface area contributed by atoms with Crippen LogP contribution in [-0.4, -0.2) is 27.7 Å². The SMILES string of the molecule is CC(C)C(CO)Nc1nc(NN)nc2ccccc12. The first kappa shape index (κ1) is 13.5. The van der Waals surface area contributed by atoms with Gasteiger partial charge >= 0.3 is 0 Å². The monoisotopic (exact) mass is 261 g/mol. The van der Waals surface area contributed by atoms with Crippen molar-refractivity contribution in [2.24, 2.45) is 11.8 Å². The lowest BCUT2D eigenvalue weighted by Gasteiger charge is -2.21. The molecule has 1 unspecified atom stereocenters. The number of aliphatic hydroxyl groups is 1. The van der Waals surface area contributed by atoms with Crippen LogP contribution in [0.15, 0.2) is 24.3 Å². The Balaban J connectivity index is 2.45. The molecule has 2 rings (SSSR count). The van der Waals surface area contributed by atoms with Gasteiger partial charge in [-0.1, -0.05) is 26.0 Å². The lowest BCUT2D eigenvalue weighted by Crippen LogP contribution is -2.30. The van der Waals surface area contributed by atoms with E-state index in [9.17, 15) is 5.11 Å². The van der Waals surface area contributed by atoms with Gasteiger partial charge in [0.2, 0.25) is 5.95 Å². The van der Waals surface area contributed by atoms with E-state index in [0.29, 0.717) is 11.8 Å². The van der Waals surface area contributed by atoms with E-state index in [0.717, 1.165) is 10.9 Å². The van der Waals surface area contributed by atoms with Crippen molar-refractivity contribution in [2.45, 2.75) is 19.9 Å². The molecule has 0 aliphatic rings. The molecule has 1 atom stereocenters. The summed E-state index contributed by atoms with van der Waals surface area (Å²) in [6, 6.07) is 7.60. The van der Waals surface area contributed by atoms with Gasteiger partial charge in [-0.05, 0) is 18.1 Å². The van der Waals surface area contributed by atoms with Crippen LogP contribution in [0, 0.1) is 5.92 Å². The second-order valence-corrected chi connectivity index (χ2v) is 4.73. The Bertz CT molecular complexity index is 558. The molecule has 0 aliphatic carbocycles. The summed E-state index contributed by atoms with van der Waals surface area (Å²) >= 11 is 0. The standard InChI is InChI=1S/C13H19N5O/c1-8(2)11(7-19)15-12-9-5-3-4-6-10(9)16-13(17-12)18-14/h3-6,8,11,19H,7,14H2,1-2H3,(H2,15,16,17,18). The minimum Gasteiger partial charge on any atom is -0.394 e. The first-order chi connectivity index (χ1) is 9.15. The topological polar surface area (TPSA) is 96.1 Å². The third-order valence-electron chi connectivity index (χ3n) is 3.06. The Morgan fingerprint density at radius 1 is 1.26 bits per heavy atom. The van der Waals surface area contributed by atoms with Crippen molar-refractivity contribution in [3.05, 3.63) is 24.3 Å². The predicted octanol–water partition coefficient (Wildman–Crippen LogP) is 1.34. The average Bonchev–Trinajstić information content (AvgIpc) is 2.43. The largest absolute Gasteiger partial charge is 0.394 e. The maximum Gasteiger partial charge on any atom is 0.239 e. The second-order valence-electron chi connectivity index (χ2n) is 4.73. The summed E-state index contributed by atoms with van der Waals surface area (Å²) in [7, 11) is 0. The van der Waals surface area contributed by atoms with Crippen molar-refractivity contribution >= 4 is 22.7 Å². The van der Waals surface area contributed by atoms with E-state index in [2.05, 4.69) is 20.7 Å². The van der Waals surface area contributed by atoms with Crippen molar-refractivity contribution in [2.75, 3.05) is 17.3 Å². The van der Waals surface area contributed by atoms with E-state index >= 15 is 0 Å². The zero-order valence-electron chi connectivity index (χ0n) is 11.1. The summed E-state index contributed by atoms with van der Waals surface area (Å²) in [5, 5.41) is 13.6. The Hall–Kier alpha value is -1.92. The number of anilines is 2. The molecule has 0 spiro atoms. The van der Waals surface area contributed by atoms with Crippen molar-refractivity contribution in [1.82, 2.24) is 9.97 Å². The Kier molecular flexibility index (Phi) is 4.13. The molecule has 0 saturated carbocycles. The number of rotatable bonds is 5. The van der Waals surface area contributed by atoms with Crippen LogP contribution in [0.5, 0.6) is 0 Å². The molecular formula is C13H19N5O. The highest BCUT2D eigenvalue weighted by molar-refractivity contribution is 5.90. The molecule has 1 aromatic heterocycles. The average molecular weight is 261 g/mol. The number of aromatic nitrogens is 2. The molecule has 1 aromatic carbocycles. The summed E-state index contributed by atoms with van der Waals surface area (Å²) in [6.07, 6.45) is 0. The van der Waals surface area contributed by atoms with Gasteiger partial charge in [0.15, 0.2) is 0 Å². The molecule has 0 aliphatic heterocycles. The summed E-state index contributed by atoms with van der Waals surface area (Å²) in [6.45, 7) is 4.13. The molecule has 2 aromatic rings. The third-order valence-corrected chi connectivity index (χ3v) is 3.06. The highest BCUT2D eigenvalue weighted by Gasteiger charge is 2.15. The molecule has 0 bridgehead atoms. The van der Waals surface area contributed by atoms with Gasteiger partial charge in [0, 0.05) is 5.39 Å². The van der Waals surface area contributed by atoms with Gasteiger partial charge in [0.25, 0.3) is 0 Å². The molecule has 5 N–H and O–H groups in total. The smallest absolute Gasteiger partial charge is 0.239 e. The highest BCUT2D eigenvalue weighted by Crippen LogP contribution is 2.23. The van der Waals surface area contributed by atoms with Crippen molar-refractivity contribution in [3.8, 4) is 0 Å². The Morgan fingerprint density at radius 2 is 2.00 bits per heavy atom. The van der Waals surface area contributed by atoms with Crippen LogP contribution >= 0.6 is 0 Å². The summed E-state index contributed by atoms with van der Waals surface area (Å²) in [4.78, 5) is 8.60. The van der Waals surface area contributed by atoms with Crippen LogP contribution < -0.4 is 16.6 Å². The fourth-order valence-corrected chi connectivity index (χ4v) is 1.85. The second kappa shape index (κ2) is 5.81. The number of fused-ring (bicyclic) bond motifs is 1. The van der Waals surface area contributed by atoms with E-state index < -0.39 is 0 Å². The maximum absolute atomic E-state index is 9.41. The van der Waals surface area contributed by atoms with Gasteiger partial charge in [-0.15, -0.1) is 0 Å². The number of nitrogens with two attached hydrogens (primary N) is 1. The van der Waals surface area contributed by atoms with E-state index in [1.165, 1.54) is 0 Å². The van der Waals surface area contributed by atoms with Crippen LogP contribution in [0.4, 0.5) is 11.8 Å². The number of para-hydroxylation sites is 1. The summed E-state index contributed by atoms with van der Waals surface area (Å²) in [5.74, 6) is 6.69. The number of nitrogen functional groups attached to an aromatic ring is 1. The van der Waals surface area contributed by atoms with E-state index in [1.54, 1.807) is 0 Å². The lowest BCUT2D eigenvalue weighted by molar-refractivity contribution is 0.249. The molecule has 0 fully saturated rings. The van der Waals surface area contributed by atoms with Crippen molar-refractivity contribution < 1.29 is 5.11 Å². The fraction of sp³-hybridized carbons (Fsp3) is 0.385. The number of benzene rings is 1. The number of aliphatic hydroxyl groups excluding tert-OH is 1. The molecule has 0 saturated heterocycles. The molecule has 6 heteroatoms. The van der Waals surface area contributed by atoms with Gasteiger partial charge in [-0.3, -0.25) is 5.43 Å². The van der Waals surface area contributed by atoms with E-state index in [-0.39, 0.29) is 18.6 Å². The number of nitrogens with zero attached hydrogens (tertiary/aromatic N) is 2. The van der Waals surface area contributed by atoms with Crippen LogP contribution in [0.25, 0.3) is 10.9 Å². The van der Waals surface area contributed by atoms with Crippen molar-refractivity contribution in [1.29, 1.82) is 0 Å². The highest BCUT2D eigenvalue weighted by atomic mass is 16.3. The molecule has 1 heterocycles. The van der Waals surface area contributed by atoms with Crippen LogP contribution in [0.2, 0.25) is 0 Å². The van der Waals surface area contributed by atoms with Gasteiger partial charge < -0.3 is 10.4 Å². The van der Waals surface area contributed by atoms with Gasteiger partial charge in [-0.25, -0.2) is 10.8 Å². The van der Waals surface area contributed by atoms with Crippen molar-refractivity contribution in [3.63, 3.8) is 0 Å². The van der Waals surface area contributed by atoms with Gasteiger partial charge in [-0.2, -0.15) is 4.98 Å².